The molecule has 2 rings (SSSR count). The van der Waals surface area contributed by atoms with E-state index in [2.05, 4.69) is 10.3 Å². The topological polar surface area (TPSA) is 76.4 Å². The number of anilines is 1. The molecule has 1 heterocycles. The van der Waals surface area contributed by atoms with Gasteiger partial charge in [0, 0.05) is 23.8 Å². The third kappa shape index (κ3) is 3.08. The summed E-state index contributed by atoms with van der Waals surface area (Å²) in [5, 5.41) is 11.1. The Morgan fingerprint density at radius 1 is 1.50 bits per heavy atom. The van der Waals surface area contributed by atoms with Gasteiger partial charge in [-0.1, -0.05) is 6.07 Å². The summed E-state index contributed by atoms with van der Waals surface area (Å²) >= 11 is 0. The van der Waals surface area contributed by atoms with Gasteiger partial charge >= 0.3 is 6.09 Å². The lowest BCUT2D eigenvalue weighted by Crippen LogP contribution is -2.15. The highest BCUT2D eigenvalue weighted by Gasteiger charge is 2.03. The van der Waals surface area contributed by atoms with E-state index < -0.39 is 6.09 Å². The lowest BCUT2D eigenvalue weighted by molar-refractivity contribution is 0.131. The van der Waals surface area contributed by atoms with Gasteiger partial charge in [-0.15, -0.1) is 0 Å². The predicted molar refractivity (Wildman–Crippen MR) is 65.6 cm³/mol. The van der Waals surface area contributed by atoms with E-state index in [1.807, 2.05) is 22.9 Å². The summed E-state index contributed by atoms with van der Waals surface area (Å²) in [5.41, 5.74) is 1.50. The van der Waals surface area contributed by atoms with E-state index in [0.717, 1.165) is 5.69 Å². The molecule has 2 N–H and O–H groups in total. The number of aliphatic hydroxyl groups is 1. The number of benzene rings is 1. The van der Waals surface area contributed by atoms with Crippen molar-refractivity contribution in [1.82, 2.24) is 9.55 Å². The van der Waals surface area contributed by atoms with Crippen molar-refractivity contribution in [2.75, 3.05) is 18.5 Å². The first-order chi connectivity index (χ1) is 8.79. The number of rotatable bonds is 4. The minimum absolute atomic E-state index is 0.0208. The molecule has 2 aromatic rings. The van der Waals surface area contributed by atoms with Gasteiger partial charge in [0.1, 0.15) is 6.61 Å². The van der Waals surface area contributed by atoms with Crippen LogP contribution in [0, 0.1) is 0 Å². The number of amides is 1. The van der Waals surface area contributed by atoms with Crippen LogP contribution < -0.4 is 5.32 Å². The minimum atomic E-state index is -0.591. The Labute approximate surface area is 104 Å². The molecule has 0 radical (unpaired) electrons. The number of carbonyl (C=O) groups excluding carboxylic acids is 1. The van der Waals surface area contributed by atoms with Gasteiger partial charge in [0.25, 0.3) is 0 Å². The number of ether oxygens (including phenoxy) is 1. The summed E-state index contributed by atoms with van der Waals surface area (Å²) in [4.78, 5) is 15.3. The average Bonchev–Trinajstić information content (AvgIpc) is 2.90. The number of imidazole rings is 1. The summed E-state index contributed by atoms with van der Waals surface area (Å²) in [5.74, 6) is 0. The lowest BCUT2D eigenvalue weighted by atomic mass is 10.3. The fourth-order valence-electron chi connectivity index (χ4n) is 1.45. The van der Waals surface area contributed by atoms with Crippen LogP contribution in [0.2, 0.25) is 0 Å². The Kier molecular flexibility index (Phi) is 3.93. The molecule has 94 valence electrons. The molecule has 6 nitrogen and oxygen atoms in total. The zero-order chi connectivity index (χ0) is 12.8. The van der Waals surface area contributed by atoms with Gasteiger partial charge < -0.3 is 14.4 Å². The second kappa shape index (κ2) is 5.83. The van der Waals surface area contributed by atoms with Crippen LogP contribution in [0.1, 0.15) is 0 Å². The molecule has 0 aliphatic carbocycles. The average molecular weight is 247 g/mol. The molecule has 0 atom stereocenters. The molecule has 1 amide bonds. The number of hydrogen-bond acceptors (Lipinski definition) is 4. The number of nitrogens with zero attached hydrogens (tertiary/aromatic N) is 2. The van der Waals surface area contributed by atoms with Crippen LogP contribution in [0.5, 0.6) is 0 Å². The van der Waals surface area contributed by atoms with E-state index >= 15 is 0 Å². The standard InChI is InChI=1S/C12H13N3O3/c16-6-7-18-12(17)14-10-2-1-3-11(8-10)15-5-4-13-9-15/h1-5,8-9,16H,6-7H2,(H,14,17). The summed E-state index contributed by atoms with van der Waals surface area (Å²) in [6.07, 6.45) is 4.56. The van der Waals surface area contributed by atoms with Crippen molar-refractivity contribution in [3.8, 4) is 5.69 Å². The van der Waals surface area contributed by atoms with Crippen LogP contribution in [-0.4, -0.2) is 34.0 Å². The Hall–Kier alpha value is -2.34. The largest absolute Gasteiger partial charge is 0.447 e. The molecule has 0 saturated heterocycles. The molecule has 6 heteroatoms. The molecule has 0 aliphatic heterocycles. The van der Waals surface area contributed by atoms with Crippen molar-refractivity contribution < 1.29 is 14.6 Å². The van der Waals surface area contributed by atoms with Gasteiger partial charge in [-0.2, -0.15) is 0 Å². The molecule has 0 spiro atoms. The monoisotopic (exact) mass is 247 g/mol. The first-order valence-corrected chi connectivity index (χ1v) is 5.42. The molecule has 0 saturated carbocycles. The fourth-order valence-corrected chi connectivity index (χ4v) is 1.45. The van der Waals surface area contributed by atoms with Gasteiger partial charge in [-0.3, -0.25) is 5.32 Å². The molecule has 0 aliphatic rings. The maximum Gasteiger partial charge on any atom is 0.411 e. The summed E-state index contributed by atoms with van der Waals surface area (Å²) in [6.45, 7) is -0.213. The van der Waals surface area contributed by atoms with Crippen molar-refractivity contribution in [3.63, 3.8) is 0 Å². The molecule has 0 unspecified atom stereocenters. The molecule has 1 aromatic heterocycles. The van der Waals surface area contributed by atoms with Gasteiger partial charge in [0.15, 0.2) is 0 Å². The van der Waals surface area contributed by atoms with Gasteiger partial charge in [0.05, 0.1) is 12.9 Å². The van der Waals surface area contributed by atoms with Gasteiger partial charge in [-0.05, 0) is 18.2 Å². The Balaban J connectivity index is 2.06. The number of hydrogen-bond donors (Lipinski definition) is 2. The molecule has 1 aromatic carbocycles. The Morgan fingerprint density at radius 3 is 3.11 bits per heavy atom. The third-order valence-corrected chi connectivity index (χ3v) is 2.22. The summed E-state index contributed by atoms with van der Waals surface area (Å²) in [6, 6.07) is 7.26. The quantitative estimate of drug-likeness (QED) is 0.856. The maximum absolute atomic E-state index is 11.3. The first kappa shape index (κ1) is 12.1. The lowest BCUT2D eigenvalue weighted by Gasteiger charge is -2.08. The first-order valence-electron chi connectivity index (χ1n) is 5.42. The van der Waals surface area contributed by atoms with E-state index in [1.54, 1.807) is 24.7 Å². The molecule has 0 fully saturated rings. The highest BCUT2D eigenvalue weighted by molar-refractivity contribution is 5.84. The number of aromatic nitrogens is 2. The second-order valence-corrected chi connectivity index (χ2v) is 3.50. The van der Waals surface area contributed by atoms with Gasteiger partial charge in [0.2, 0.25) is 0 Å². The summed E-state index contributed by atoms with van der Waals surface area (Å²) < 4.78 is 6.53. The van der Waals surface area contributed by atoms with Crippen LogP contribution in [0.25, 0.3) is 5.69 Å². The van der Waals surface area contributed by atoms with E-state index in [9.17, 15) is 4.79 Å². The van der Waals surface area contributed by atoms with Crippen LogP contribution >= 0.6 is 0 Å². The zero-order valence-electron chi connectivity index (χ0n) is 9.61. The minimum Gasteiger partial charge on any atom is -0.447 e. The van der Waals surface area contributed by atoms with Gasteiger partial charge in [-0.25, -0.2) is 9.78 Å². The SMILES string of the molecule is O=C(Nc1cccc(-n2ccnc2)c1)OCCO. The molecule has 18 heavy (non-hydrogen) atoms. The fraction of sp³-hybridized carbons (Fsp3) is 0.167. The van der Waals surface area contributed by atoms with E-state index in [4.69, 9.17) is 9.84 Å². The van der Waals surface area contributed by atoms with Crippen molar-refractivity contribution in [3.05, 3.63) is 43.0 Å². The predicted octanol–water partition coefficient (Wildman–Crippen LogP) is 1.41. The van der Waals surface area contributed by atoms with E-state index in [0.29, 0.717) is 5.69 Å². The van der Waals surface area contributed by atoms with E-state index in [-0.39, 0.29) is 13.2 Å². The number of carbonyl (C=O) groups is 1. The number of nitrogens with one attached hydrogen (secondary N) is 1. The molecule has 0 bridgehead atoms. The molecular weight excluding hydrogens is 234 g/mol. The van der Waals surface area contributed by atoms with Crippen molar-refractivity contribution >= 4 is 11.8 Å². The number of aliphatic hydroxyl groups excluding tert-OH is 1. The van der Waals surface area contributed by atoms with Crippen LogP contribution in [0.15, 0.2) is 43.0 Å². The highest BCUT2D eigenvalue weighted by Crippen LogP contribution is 2.14. The third-order valence-electron chi connectivity index (χ3n) is 2.22. The smallest absolute Gasteiger partial charge is 0.411 e. The van der Waals surface area contributed by atoms with Crippen molar-refractivity contribution in [2.45, 2.75) is 0 Å². The summed E-state index contributed by atoms with van der Waals surface area (Å²) in [7, 11) is 0. The Morgan fingerprint density at radius 2 is 2.39 bits per heavy atom. The van der Waals surface area contributed by atoms with Crippen LogP contribution in [0.4, 0.5) is 10.5 Å². The Bertz CT molecular complexity index is 511. The van der Waals surface area contributed by atoms with Crippen LogP contribution in [-0.2, 0) is 4.74 Å². The van der Waals surface area contributed by atoms with Crippen LogP contribution in [0.3, 0.4) is 0 Å². The highest BCUT2D eigenvalue weighted by atomic mass is 16.6. The second-order valence-electron chi connectivity index (χ2n) is 3.50. The van der Waals surface area contributed by atoms with Crippen molar-refractivity contribution in [1.29, 1.82) is 0 Å². The van der Waals surface area contributed by atoms with E-state index in [1.165, 1.54) is 0 Å². The normalized spacial score (nSPS) is 10.1. The van der Waals surface area contributed by atoms with Crippen molar-refractivity contribution in [2.24, 2.45) is 0 Å². The zero-order valence-corrected chi connectivity index (χ0v) is 9.61. The maximum atomic E-state index is 11.3. The molecular formula is C12H13N3O3.